The molecule has 0 saturated heterocycles. The molecule has 5 rings (SSSR count). The van der Waals surface area contributed by atoms with E-state index in [1.54, 1.807) is 17.4 Å². The summed E-state index contributed by atoms with van der Waals surface area (Å²) in [5.74, 6) is 0.270. The molecular weight excluding hydrogens is 402 g/mol. The highest BCUT2D eigenvalue weighted by Crippen LogP contribution is 2.37. The van der Waals surface area contributed by atoms with Crippen molar-refractivity contribution in [1.82, 2.24) is 14.6 Å². The monoisotopic (exact) mass is 425 g/mol. The molecule has 0 aliphatic heterocycles. The fraction of sp³-hybridized carbons (Fsp3) is 0.154. The molecule has 0 aliphatic rings. The van der Waals surface area contributed by atoms with Gasteiger partial charge in [-0.25, -0.2) is 9.50 Å². The van der Waals surface area contributed by atoms with Crippen LogP contribution in [0.15, 0.2) is 77.5 Å². The van der Waals surface area contributed by atoms with Crippen LogP contribution in [0.5, 0.6) is 5.75 Å². The third-order valence-electron chi connectivity index (χ3n) is 5.36. The highest BCUT2D eigenvalue weighted by atomic mass is 32.1. The largest absolute Gasteiger partial charge is 0.507 e. The van der Waals surface area contributed by atoms with Gasteiger partial charge < -0.3 is 5.11 Å². The quantitative estimate of drug-likeness (QED) is 0.346. The Morgan fingerprint density at radius 1 is 0.871 bits per heavy atom. The molecule has 0 amide bonds. The Morgan fingerprint density at radius 3 is 2.42 bits per heavy atom. The number of hydrogen-bond acceptors (Lipinski definition) is 4. The van der Waals surface area contributed by atoms with Crippen molar-refractivity contribution in [1.29, 1.82) is 0 Å². The molecule has 0 saturated carbocycles. The van der Waals surface area contributed by atoms with Crippen molar-refractivity contribution in [2.75, 3.05) is 0 Å². The standard InChI is InChI=1S/C26H23N3OS/c1-26(2,3)25-24(18-8-6-7-17(15-18)20-9-4-5-10-22(20)30)29-23(27-25)12-11-21(28-29)19-13-14-31-16-19/h4-16,30H,1-3H3. The zero-order valence-corrected chi connectivity index (χ0v) is 18.5. The molecule has 0 bridgehead atoms. The number of aromatic nitrogens is 3. The van der Waals surface area contributed by atoms with Crippen LogP contribution < -0.4 is 0 Å². The summed E-state index contributed by atoms with van der Waals surface area (Å²) in [5.41, 5.74) is 7.46. The zero-order chi connectivity index (χ0) is 21.6. The first-order chi connectivity index (χ1) is 14.9. The van der Waals surface area contributed by atoms with Crippen LogP contribution in [0.2, 0.25) is 0 Å². The third-order valence-corrected chi connectivity index (χ3v) is 6.04. The van der Waals surface area contributed by atoms with Gasteiger partial charge in [0.2, 0.25) is 0 Å². The first-order valence-corrected chi connectivity index (χ1v) is 11.2. The number of fused-ring (bicyclic) bond motifs is 1. The second-order valence-electron chi connectivity index (χ2n) is 8.66. The lowest BCUT2D eigenvalue weighted by atomic mass is 9.88. The molecule has 0 aliphatic carbocycles. The molecule has 0 atom stereocenters. The average Bonchev–Trinajstić information content (AvgIpc) is 3.41. The first kappa shape index (κ1) is 19.5. The molecule has 154 valence electrons. The van der Waals surface area contributed by atoms with Gasteiger partial charge in [0.15, 0.2) is 5.65 Å². The van der Waals surface area contributed by atoms with Gasteiger partial charge in [-0.05, 0) is 41.3 Å². The van der Waals surface area contributed by atoms with Crippen LogP contribution in [-0.4, -0.2) is 19.7 Å². The van der Waals surface area contributed by atoms with Crippen molar-refractivity contribution in [3.63, 3.8) is 0 Å². The van der Waals surface area contributed by atoms with Gasteiger partial charge in [0.25, 0.3) is 0 Å². The lowest BCUT2D eigenvalue weighted by Gasteiger charge is -2.18. The Labute approximate surface area is 185 Å². The van der Waals surface area contributed by atoms with E-state index in [-0.39, 0.29) is 11.2 Å². The number of thiophene rings is 1. The van der Waals surface area contributed by atoms with Gasteiger partial charge in [-0.1, -0.05) is 57.2 Å². The van der Waals surface area contributed by atoms with E-state index in [4.69, 9.17) is 10.1 Å². The summed E-state index contributed by atoms with van der Waals surface area (Å²) in [6.07, 6.45) is 0. The van der Waals surface area contributed by atoms with Crippen LogP contribution >= 0.6 is 11.3 Å². The summed E-state index contributed by atoms with van der Waals surface area (Å²) >= 11 is 1.66. The highest BCUT2D eigenvalue weighted by Gasteiger charge is 2.26. The molecule has 5 aromatic rings. The number of rotatable bonds is 3. The van der Waals surface area contributed by atoms with Crippen LogP contribution in [0, 0.1) is 0 Å². The molecule has 3 heterocycles. The highest BCUT2D eigenvalue weighted by molar-refractivity contribution is 7.08. The van der Waals surface area contributed by atoms with E-state index in [0.29, 0.717) is 0 Å². The summed E-state index contributed by atoms with van der Waals surface area (Å²) in [4.78, 5) is 4.96. The van der Waals surface area contributed by atoms with Crippen molar-refractivity contribution < 1.29 is 5.11 Å². The van der Waals surface area contributed by atoms with Crippen molar-refractivity contribution in [3.05, 3.63) is 83.2 Å². The Morgan fingerprint density at radius 2 is 1.68 bits per heavy atom. The second kappa shape index (κ2) is 7.36. The Kier molecular flexibility index (Phi) is 4.63. The van der Waals surface area contributed by atoms with Gasteiger partial charge in [0.05, 0.1) is 17.1 Å². The molecule has 3 aromatic heterocycles. The fourth-order valence-corrected chi connectivity index (χ4v) is 4.48. The van der Waals surface area contributed by atoms with E-state index in [9.17, 15) is 5.11 Å². The Bertz CT molecular complexity index is 1380. The number of phenols is 1. The molecule has 4 nitrogen and oxygen atoms in total. The van der Waals surface area contributed by atoms with Crippen molar-refractivity contribution >= 4 is 17.0 Å². The van der Waals surface area contributed by atoms with Gasteiger partial charge >= 0.3 is 0 Å². The lowest BCUT2D eigenvalue weighted by Crippen LogP contribution is -2.13. The van der Waals surface area contributed by atoms with Gasteiger partial charge in [0.1, 0.15) is 5.75 Å². The number of para-hydroxylation sites is 1. The number of aromatic hydroxyl groups is 1. The molecule has 1 N–H and O–H groups in total. The first-order valence-electron chi connectivity index (χ1n) is 10.2. The number of hydrogen-bond donors (Lipinski definition) is 1. The average molecular weight is 426 g/mol. The normalized spacial score (nSPS) is 11.8. The maximum atomic E-state index is 10.4. The molecule has 0 unspecified atom stereocenters. The van der Waals surface area contributed by atoms with Gasteiger partial charge in [-0.15, -0.1) is 0 Å². The molecular formula is C26H23N3OS. The van der Waals surface area contributed by atoms with Crippen LogP contribution in [0.25, 0.3) is 39.3 Å². The predicted octanol–water partition coefficient (Wildman–Crippen LogP) is 6.79. The minimum Gasteiger partial charge on any atom is -0.507 e. The molecule has 31 heavy (non-hydrogen) atoms. The van der Waals surface area contributed by atoms with Gasteiger partial charge in [0, 0.05) is 27.5 Å². The van der Waals surface area contributed by atoms with E-state index >= 15 is 0 Å². The van der Waals surface area contributed by atoms with E-state index in [0.717, 1.165) is 45.0 Å². The number of phenolic OH excluding ortho intramolecular Hbond substituents is 1. The van der Waals surface area contributed by atoms with Crippen LogP contribution in [0.3, 0.4) is 0 Å². The van der Waals surface area contributed by atoms with Gasteiger partial charge in [-0.3, -0.25) is 0 Å². The molecule has 0 fully saturated rings. The van der Waals surface area contributed by atoms with Crippen LogP contribution in [0.1, 0.15) is 26.5 Å². The number of imidazole rings is 1. The Balaban J connectivity index is 1.76. The minimum absolute atomic E-state index is 0.156. The van der Waals surface area contributed by atoms with E-state index in [1.165, 1.54) is 0 Å². The van der Waals surface area contributed by atoms with Crippen molar-refractivity contribution in [2.24, 2.45) is 0 Å². The van der Waals surface area contributed by atoms with Crippen LogP contribution in [-0.2, 0) is 5.41 Å². The second-order valence-corrected chi connectivity index (χ2v) is 9.44. The number of nitrogens with zero attached hydrogens (tertiary/aromatic N) is 3. The summed E-state index contributed by atoms with van der Waals surface area (Å²) in [7, 11) is 0. The molecule has 0 spiro atoms. The minimum atomic E-state index is -0.156. The number of benzene rings is 2. The predicted molar refractivity (Wildman–Crippen MR) is 128 cm³/mol. The maximum Gasteiger partial charge on any atom is 0.154 e. The zero-order valence-electron chi connectivity index (χ0n) is 17.7. The molecule has 5 heteroatoms. The van der Waals surface area contributed by atoms with Crippen molar-refractivity contribution in [3.8, 4) is 39.4 Å². The summed E-state index contributed by atoms with van der Waals surface area (Å²) < 4.78 is 1.96. The summed E-state index contributed by atoms with van der Waals surface area (Å²) in [5, 5.41) is 19.5. The fourth-order valence-electron chi connectivity index (χ4n) is 3.83. The van der Waals surface area contributed by atoms with E-state index in [1.807, 2.05) is 47.0 Å². The Hall–Kier alpha value is -3.44. The lowest BCUT2D eigenvalue weighted by molar-refractivity contribution is 0.477. The van der Waals surface area contributed by atoms with Gasteiger partial charge in [-0.2, -0.15) is 16.4 Å². The SMILES string of the molecule is CC(C)(C)c1nc2ccc(-c3ccsc3)nn2c1-c1cccc(-c2ccccc2O)c1. The summed E-state index contributed by atoms with van der Waals surface area (Å²) in [6, 6.07) is 21.8. The maximum absolute atomic E-state index is 10.4. The van der Waals surface area contributed by atoms with Crippen LogP contribution in [0.4, 0.5) is 0 Å². The van der Waals surface area contributed by atoms with E-state index < -0.39 is 0 Å². The third kappa shape index (κ3) is 3.51. The molecule has 0 radical (unpaired) electrons. The summed E-state index contributed by atoms with van der Waals surface area (Å²) in [6.45, 7) is 6.51. The van der Waals surface area contributed by atoms with Crippen molar-refractivity contribution in [2.45, 2.75) is 26.2 Å². The smallest absolute Gasteiger partial charge is 0.154 e. The van der Waals surface area contributed by atoms with E-state index in [2.05, 4.69) is 49.7 Å². The molecule has 2 aromatic carbocycles. The topological polar surface area (TPSA) is 50.4 Å².